The summed E-state index contributed by atoms with van der Waals surface area (Å²) in [5.41, 5.74) is -0.120. The van der Waals surface area contributed by atoms with Crippen molar-refractivity contribution in [1.29, 1.82) is 0 Å². The number of carbonyl (C=O) groups is 1. The molecule has 6 nitrogen and oxygen atoms in total. The third kappa shape index (κ3) is 7.27. The van der Waals surface area contributed by atoms with E-state index in [1.165, 1.54) is 12.1 Å². The third-order valence-electron chi connectivity index (χ3n) is 5.19. The van der Waals surface area contributed by atoms with Gasteiger partial charge in [-0.25, -0.2) is 14.0 Å². The molecule has 0 unspecified atom stereocenters. The second kappa shape index (κ2) is 12.5. The van der Waals surface area contributed by atoms with Crippen molar-refractivity contribution in [3.63, 3.8) is 0 Å². The van der Waals surface area contributed by atoms with E-state index in [2.05, 4.69) is 11.6 Å². The molecule has 3 aromatic rings. The molecule has 0 aliphatic rings. The monoisotopic (exact) mass is 453 g/mol. The third-order valence-corrected chi connectivity index (χ3v) is 5.19. The van der Waals surface area contributed by atoms with Crippen molar-refractivity contribution in [3.05, 3.63) is 71.4 Å². The molecule has 174 valence electrons. The molecule has 0 N–H and O–H groups in total. The molecule has 0 saturated heterocycles. The van der Waals surface area contributed by atoms with Gasteiger partial charge < -0.3 is 13.9 Å². The number of aromatic nitrogens is 1. The van der Waals surface area contributed by atoms with Crippen LogP contribution in [0.5, 0.6) is 5.88 Å². The molecule has 2 heterocycles. The van der Waals surface area contributed by atoms with Gasteiger partial charge in [0.1, 0.15) is 5.82 Å². The summed E-state index contributed by atoms with van der Waals surface area (Å²) in [5, 5.41) is 0.597. The molecule has 33 heavy (non-hydrogen) atoms. The maximum atomic E-state index is 14.0. The van der Waals surface area contributed by atoms with Crippen molar-refractivity contribution >= 4 is 17.1 Å². The molecular weight excluding hydrogens is 425 g/mol. The Morgan fingerprint density at radius 3 is 2.39 bits per heavy atom. The van der Waals surface area contributed by atoms with Crippen LogP contribution in [0.2, 0.25) is 0 Å². The van der Waals surface area contributed by atoms with Gasteiger partial charge in [-0.1, -0.05) is 56.9 Å². The minimum Gasteiger partial charge on any atom is -0.478 e. The van der Waals surface area contributed by atoms with Crippen molar-refractivity contribution in [2.24, 2.45) is 0 Å². The Balaban J connectivity index is 1.40. The van der Waals surface area contributed by atoms with Gasteiger partial charge in [-0.05, 0) is 31.0 Å². The predicted octanol–water partition coefficient (Wildman–Crippen LogP) is 5.83. The molecule has 0 atom stereocenters. The molecule has 0 aliphatic carbocycles. The van der Waals surface area contributed by atoms with Gasteiger partial charge in [0.25, 0.3) is 0 Å². The quantitative estimate of drug-likeness (QED) is 0.184. The van der Waals surface area contributed by atoms with Gasteiger partial charge in [-0.15, -0.1) is 0 Å². The number of unbranched alkanes of at least 4 members (excludes halogenated alkanes) is 6. The summed E-state index contributed by atoms with van der Waals surface area (Å²) in [7, 11) is 0. The Morgan fingerprint density at radius 2 is 1.67 bits per heavy atom. The zero-order chi connectivity index (χ0) is 23.5. The Hall–Kier alpha value is -3.48. The van der Waals surface area contributed by atoms with E-state index in [1.54, 1.807) is 36.4 Å². The van der Waals surface area contributed by atoms with Crippen LogP contribution in [0.4, 0.5) is 4.39 Å². The van der Waals surface area contributed by atoms with E-state index in [0.717, 1.165) is 44.9 Å². The number of pyridine rings is 1. The summed E-state index contributed by atoms with van der Waals surface area (Å²) in [6.45, 7) is 4.33. The smallest absolute Gasteiger partial charge is 0.345 e. The average Bonchev–Trinajstić information content (AvgIpc) is 2.82. The van der Waals surface area contributed by atoms with Crippen molar-refractivity contribution in [2.75, 3.05) is 13.2 Å². The molecule has 0 amide bonds. The van der Waals surface area contributed by atoms with Gasteiger partial charge in [0.05, 0.1) is 18.8 Å². The van der Waals surface area contributed by atoms with Crippen molar-refractivity contribution in [3.8, 4) is 17.0 Å². The summed E-state index contributed by atoms with van der Waals surface area (Å²) in [4.78, 5) is 27.5. The van der Waals surface area contributed by atoms with Crippen molar-refractivity contribution in [2.45, 2.75) is 44.9 Å². The Bertz CT molecular complexity index is 1140. The van der Waals surface area contributed by atoms with E-state index in [1.807, 2.05) is 0 Å². The summed E-state index contributed by atoms with van der Waals surface area (Å²) < 4.78 is 30.0. The minimum atomic E-state index is -0.642. The number of fused-ring (bicyclic) bond motifs is 1. The SMILES string of the molecule is C=CC(=O)OCCCCCCCCCOc1ccc2cc(-c3ccccc3F)c(=O)oc2n1. The lowest BCUT2D eigenvalue weighted by Crippen LogP contribution is -2.05. The first-order valence-electron chi connectivity index (χ1n) is 11.2. The molecular formula is C26H28FNO5. The van der Waals surface area contributed by atoms with Crippen LogP contribution in [0.3, 0.4) is 0 Å². The number of benzene rings is 1. The minimum absolute atomic E-state index is 0.161. The fourth-order valence-corrected chi connectivity index (χ4v) is 3.43. The molecule has 0 aliphatic heterocycles. The van der Waals surface area contributed by atoms with E-state index in [0.29, 0.717) is 24.5 Å². The fraction of sp³-hybridized carbons (Fsp3) is 0.346. The van der Waals surface area contributed by atoms with E-state index in [-0.39, 0.29) is 22.8 Å². The van der Waals surface area contributed by atoms with E-state index < -0.39 is 11.4 Å². The van der Waals surface area contributed by atoms with Gasteiger partial charge in [0, 0.05) is 23.1 Å². The highest BCUT2D eigenvalue weighted by molar-refractivity contribution is 5.81. The highest BCUT2D eigenvalue weighted by atomic mass is 19.1. The topological polar surface area (TPSA) is 78.6 Å². The van der Waals surface area contributed by atoms with Gasteiger partial charge in [0.2, 0.25) is 11.6 Å². The normalized spacial score (nSPS) is 10.8. The summed E-state index contributed by atoms with van der Waals surface area (Å²) in [6, 6.07) is 11.1. The van der Waals surface area contributed by atoms with Crippen LogP contribution in [0.15, 0.2) is 64.3 Å². The number of rotatable bonds is 13. The lowest BCUT2D eigenvalue weighted by atomic mass is 10.1. The number of ether oxygens (including phenoxy) is 2. The predicted molar refractivity (Wildman–Crippen MR) is 125 cm³/mol. The summed E-state index contributed by atoms with van der Waals surface area (Å²) >= 11 is 0. The molecule has 1 aromatic carbocycles. The van der Waals surface area contributed by atoms with Crippen LogP contribution in [0.25, 0.3) is 22.2 Å². The zero-order valence-corrected chi connectivity index (χ0v) is 18.6. The lowest BCUT2D eigenvalue weighted by Gasteiger charge is -2.07. The maximum Gasteiger partial charge on any atom is 0.345 e. The Labute approximate surface area is 192 Å². The molecule has 0 spiro atoms. The van der Waals surface area contributed by atoms with Crippen LogP contribution in [-0.2, 0) is 9.53 Å². The fourth-order valence-electron chi connectivity index (χ4n) is 3.43. The Morgan fingerprint density at radius 1 is 0.970 bits per heavy atom. The van der Waals surface area contributed by atoms with Crippen LogP contribution in [-0.4, -0.2) is 24.2 Å². The van der Waals surface area contributed by atoms with Crippen molar-refractivity contribution < 1.29 is 23.1 Å². The molecule has 3 rings (SSSR count). The number of hydrogen-bond acceptors (Lipinski definition) is 6. The highest BCUT2D eigenvalue weighted by Gasteiger charge is 2.12. The number of nitrogens with zero attached hydrogens (tertiary/aromatic N) is 1. The first kappa shape index (κ1) is 24.2. The van der Waals surface area contributed by atoms with Crippen LogP contribution in [0, 0.1) is 5.82 Å². The lowest BCUT2D eigenvalue weighted by molar-refractivity contribution is -0.137. The van der Waals surface area contributed by atoms with Gasteiger partial charge in [-0.3, -0.25) is 0 Å². The Kier molecular flexibility index (Phi) is 9.18. The largest absolute Gasteiger partial charge is 0.478 e. The average molecular weight is 454 g/mol. The zero-order valence-electron chi connectivity index (χ0n) is 18.6. The second-order valence-corrected chi connectivity index (χ2v) is 7.67. The number of carbonyl (C=O) groups excluding carboxylic acids is 1. The van der Waals surface area contributed by atoms with E-state index in [9.17, 15) is 14.0 Å². The maximum absolute atomic E-state index is 14.0. The van der Waals surface area contributed by atoms with E-state index >= 15 is 0 Å². The molecule has 0 fully saturated rings. The first-order valence-corrected chi connectivity index (χ1v) is 11.2. The molecule has 0 radical (unpaired) electrons. The number of halogens is 1. The van der Waals surface area contributed by atoms with Crippen LogP contribution in [0.1, 0.15) is 44.9 Å². The van der Waals surface area contributed by atoms with Crippen LogP contribution < -0.4 is 10.4 Å². The number of esters is 1. The molecule has 2 aromatic heterocycles. The second-order valence-electron chi connectivity index (χ2n) is 7.67. The van der Waals surface area contributed by atoms with Gasteiger partial charge >= 0.3 is 11.6 Å². The van der Waals surface area contributed by atoms with E-state index in [4.69, 9.17) is 13.9 Å². The van der Waals surface area contributed by atoms with Gasteiger partial charge in [-0.2, -0.15) is 4.98 Å². The van der Waals surface area contributed by atoms with Gasteiger partial charge in [0.15, 0.2) is 0 Å². The molecule has 0 bridgehead atoms. The first-order chi connectivity index (χ1) is 16.1. The summed E-state index contributed by atoms with van der Waals surface area (Å²) in [6.07, 6.45) is 8.35. The van der Waals surface area contributed by atoms with Crippen molar-refractivity contribution in [1.82, 2.24) is 4.98 Å². The standard InChI is InChI=1S/C26H28FNO5/c1-2-24(29)32-17-11-7-5-3-4-6-10-16-31-23-15-14-19-18-21(26(30)33-25(19)28-23)20-12-8-9-13-22(20)27/h2,8-9,12-15,18H,1,3-7,10-11,16-17H2. The molecule has 0 saturated carbocycles. The molecule has 7 heteroatoms. The highest BCUT2D eigenvalue weighted by Crippen LogP contribution is 2.24. The summed E-state index contributed by atoms with van der Waals surface area (Å²) in [5.74, 6) is -0.463. The number of hydrogen-bond donors (Lipinski definition) is 0. The van der Waals surface area contributed by atoms with Crippen LogP contribution >= 0.6 is 0 Å².